The van der Waals surface area contributed by atoms with E-state index in [2.05, 4.69) is 4.72 Å². The van der Waals surface area contributed by atoms with E-state index in [0.717, 1.165) is 29.5 Å². The van der Waals surface area contributed by atoms with Crippen molar-refractivity contribution in [3.63, 3.8) is 0 Å². The van der Waals surface area contributed by atoms with Gasteiger partial charge in [0.15, 0.2) is 0 Å². The van der Waals surface area contributed by atoms with Crippen molar-refractivity contribution >= 4 is 56.2 Å². The molecular formula is C11H6Cl2FNO4S2. The van der Waals surface area contributed by atoms with Crippen LogP contribution in [0, 0.1) is 5.82 Å². The Hall–Kier alpha value is -1.35. The second kappa shape index (κ2) is 5.80. The summed E-state index contributed by atoms with van der Waals surface area (Å²) in [5.74, 6) is -1.96. The number of carboxylic acid groups (broad SMARTS) is 1. The largest absolute Gasteiger partial charge is 0.478 e. The van der Waals surface area contributed by atoms with Crippen molar-refractivity contribution in [2.45, 2.75) is 4.21 Å². The summed E-state index contributed by atoms with van der Waals surface area (Å²) in [6.45, 7) is 0. The highest BCUT2D eigenvalue weighted by Crippen LogP contribution is 2.34. The van der Waals surface area contributed by atoms with Crippen molar-refractivity contribution in [1.82, 2.24) is 0 Å². The summed E-state index contributed by atoms with van der Waals surface area (Å²) in [5.41, 5.74) is -0.332. The van der Waals surface area contributed by atoms with Crippen LogP contribution in [0.2, 0.25) is 10.0 Å². The lowest BCUT2D eigenvalue weighted by Gasteiger charge is -2.10. The van der Waals surface area contributed by atoms with Crippen LogP contribution in [-0.2, 0) is 10.0 Å². The van der Waals surface area contributed by atoms with E-state index < -0.39 is 21.8 Å². The van der Waals surface area contributed by atoms with Gasteiger partial charge in [-0.25, -0.2) is 17.6 Å². The molecular weight excluding hydrogens is 364 g/mol. The molecule has 2 N–H and O–H groups in total. The van der Waals surface area contributed by atoms with Crippen LogP contribution in [0.4, 0.5) is 10.1 Å². The fraction of sp³-hybridized carbons (Fsp3) is 0. The molecule has 1 aromatic carbocycles. The van der Waals surface area contributed by atoms with Gasteiger partial charge in [0.25, 0.3) is 10.0 Å². The summed E-state index contributed by atoms with van der Waals surface area (Å²) in [4.78, 5) is 10.8. The topological polar surface area (TPSA) is 83.5 Å². The number of sulfonamides is 1. The van der Waals surface area contributed by atoms with E-state index in [0.29, 0.717) is 0 Å². The highest BCUT2D eigenvalue weighted by Gasteiger charge is 2.21. The Morgan fingerprint density at radius 3 is 2.29 bits per heavy atom. The third-order valence-electron chi connectivity index (χ3n) is 2.33. The first-order chi connectivity index (χ1) is 9.70. The minimum absolute atomic E-state index is 0.156. The van der Waals surface area contributed by atoms with Gasteiger partial charge in [-0.15, -0.1) is 11.3 Å². The molecule has 112 valence electrons. The minimum Gasteiger partial charge on any atom is -0.478 e. The number of rotatable bonds is 4. The van der Waals surface area contributed by atoms with Gasteiger partial charge in [-0.3, -0.25) is 4.72 Å². The number of thiophene rings is 1. The molecule has 0 aliphatic rings. The standard InChI is InChI=1S/C11H6Cl2FNO4S2/c12-7-2-6(14)3-8(13)10(7)15-21(18,19)9-1-5(4-20-9)11(16)17/h1-4,15H,(H,16,17). The van der Waals surface area contributed by atoms with Gasteiger partial charge in [0.05, 0.1) is 21.3 Å². The lowest BCUT2D eigenvalue weighted by atomic mass is 10.3. The molecule has 1 aromatic heterocycles. The Kier molecular flexibility index (Phi) is 4.43. The predicted molar refractivity (Wildman–Crippen MR) is 78.5 cm³/mol. The molecule has 2 aromatic rings. The molecule has 0 saturated heterocycles. The maximum atomic E-state index is 13.0. The third kappa shape index (κ3) is 3.46. The molecule has 1 heterocycles. The number of carboxylic acids is 1. The van der Waals surface area contributed by atoms with E-state index in [4.69, 9.17) is 28.3 Å². The minimum atomic E-state index is -4.07. The van der Waals surface area contributed by atoms with Crippen molar-refractivity contribution in [1.29, 1.82) is 0 Å². The van der Waals surface area contributed by atoms with E-state index in [1.165, 1.54) is 5.38 Å². The molecule has 0 spiro atoms. The molecule has 0 atom stereocenters. The Bertz CT molecular complexity index is 796. The first kappa shape index (κ1) is 16.0. The molecule has 0 aliphatic heterocycles. The smallest absolute Gasteiger partial charge is 0.336 e. The number of carbonyl (C=O) groups is 1. The molecule has 0 aliphatic carbocycles. The molecule has 5 nitrogen and oxygen atoms in total. The van der Waals surface area contributed by atoms with Crippen molar-refractivity contribution in [2.24, 2.45) is 0 Å². The van der Waals surface area contributed by atoms with Crippen LogP contribution in [0.25, 0.3) is 0 Å². The molecule has 0 radical (unpaired) electrons. The number of hydrogen-bond acceptors (Lipinski definition) is 4. The zero-order chi connectivity index (χ0) is 15.8. The molecule has 0 saturated carbocycles. The van der Waals surface area contributed by atoms with Crippen LogP contribution in [-0.4, -0.2) is 19.5 Å². The van der Waals surface area contributed by atoms with Crippen LogP contribution >= 0.6 is 34.5 Å². The normalized spacial score (nSPS) is 11.4. The zero-order valence-electron chi connectivity index (χ0n) is 9.93. The summed E-state index contributed by atoms with van der Waals surface area (Å²) in [5, 5.41) is 9.55. The number of nitrogens with one attached hydrogen (secondary N) is 1. The van der Waals surface area contributed by atoms with Gasteiger partial charge in [0.2, 0.25) is 0 Å². The van der Waals surface area contributed by atoms with Gasteiger partial charge in [0.1, 0.15) is 10.0 Å². The second-order valence-corrected chi connectivity index (χ2v) is 7.44. The summed E-state index contributed by atoms with van der Waals surface area (Å²) >= 11 is 12.2. The second-order valence-electron chi connectivity index (χ2n) is 3.81. The number of anilines is 1. The van der Waals surface area contributed by atoms with Gasteiger partial charge in [0, 0.05) is 5.38 Å². The van der Waals surface area contributed by atoms with Crippen molar-refractivity contribution in [2.75, 3.05) is 4.72 Å². The molecule has 0 bridgehead atoms. The highest BCUT2D eigenvalue weighted by atomic mass is 35.5. The monoisotopic (exact) mass is 369 g/mol. The van der Waals surface area contributed by atoms with Crippen LogP contribution in [0.15, 0.2) is 27.8 Å². The number of halogens is 3. The van der Waals surface area contributed by atoms with Gasteiger partial charge in [-0.2, -0.15) is 0 Å². The lowest BCUT2D eigenvalue weighted by molar-refractivity contribution is 0.0697. The number of benzene rings is 1. The number of hydrogen-bond donors (Lipinski definition) is 2. The van der Waals surface area contributed by atoms with Crippen molar-refractivity contribution in [3.8, 4) is 0 Å². The molecule has 21 heavy (non-hydrogen) atoms. The van der Waals surface area contributed by atoms with Crippen molar-refractivity contribution < 1.29 is 22.7 Å². The Labute approximate surface area is 133 Å². The summed E-state index contributed by atoms with van der Waals surface area (Å²) in [6.07, 6.45) is 0. The highest BCUT2D eigenvalue weighted by molar-refractivity contribution is 7.94. The van der Waals surface area contributed by atoms with Crippen LogP contribution < -0.4 is 4.72 Å². The first-order valence-corrected chi connectivity index (χ1v) is 8.32. The Morgan fingerprint density at radius 1 is 1.24 bits per heavy atom. The van der Waals surface area contributed by atoms with Gasteiger partial charge in [-0.05, 0) is 18.2 Å². The fourth-order valence-electron chi connectivity index (χ4n) is 1.39. The summed E-state index contributed by atoms with van der Waals surface area (Å²) in [7, 11) is -4.07. The average Bonchev–Trinajstić information content (AvgIpc) is 2.84. The Balaban J connectivity index is 2.40. The fourth-order valence-corrected chi connectivity index (χ4v) is 4.32. The van der Waals surface area contributed by atoms with Crippen LogP contribution in [0.3, 0.4) is 0 Å². The van der Waals surface area contributed by atoms with Crippen LogP contribution in [0.5, 0.6) is 0 Å². The number of aromatic carboxylic acids is 1. The third-order valence-corrected chi connectivity index (χ3v) is 5.72. The van der Waals surface area contributed by atoms with E-state index in [9.17, 15) is 17.6 Å². The van der Waals surface area contributed by atoms with E-state index in [1.807, 2.05) is 0 Å². The van der Waals surface area contributed by atoms with E-state index in [1.54, 1.807) is 0 Å². The summed E-state index contributed by atoms with van der Waals surface area (Å²) < 4.78 is 39.2. The summed E-state index contributed by atoms with van der Waals surface area (Å²) in [6, 6.07) is 2.81. The maximum absolute atomic E-state index is 13.0. The van der Waals surface area contributed by atoms with Gasteiger partial charge < -0.3 is 5.11 Å². The molecule has 2 rings (SSSR count). The van der Waals surface area contributed by atoms with E-state index in [-0.39, 0.29) is 25.5 Å². The first-order valence-electron chi connectivity index (χ1n) is 5.20. The maximum Gasteiger partial charge on any atom is 0.336 e. The van der Waals surface area contributed by atoms with Gasteiger partial charge in [-0.1, -0.05) is 23.2 Å². The zero-order valence-corrected chi connectivity index (χ0v) is 13.1. The molecule has 0 amide bonds. The predicted octanol–water partition coefficient (Wildman–Crippen LogP) is 3.69. The quantitative estimate of drug-likeness (QED) is 0.860. The molecule has 0 fully saturated rings. The van der Waals surface area contributed by atoms with Crippen LogP contribution in [0.1, 0.15) is 10.4 Å². The molecule has 0 unspecified atom stereocenters. The van der Waals surface area contributed by atoms with Gasteiger partial charge >= 0.3 is 5.97 Å². The lowest BCUT2D eigenvalue weighted by Crippen LogP contribution is -2.12. The average molecular weight is 370 g/mol. The van der Waals surface area contributed by atoms with Crippen molar-refractivity contribution in [3.05, 3.63) is 45.0 Å². The Morgan fingerprint density at radius 2 is 1.81 bits per heavy atom. The SMILES string of the molecule is O=C(O)c1csc(S(=O)(=O)Nc2c(Cl)cc(F)cc2Cl)c1. The molecule has 10 heteroatoms. The van der Waals surface area contributed by atoms with E-state index >= 15 is 0 Å².